The summed E-state index contributed by atoms with van der Waals surface area (Å²) in [6, 6.07) is 17.3. The summed E-state index contributed by atoms with van der Waals surface area (Å²) >= 11 is 0. The van der Waals surface area contributed by atoms with Crippen molar-refractivity contribution < 1.29 is 13.2 Å². The molecule has 0 atom stereocenters. The van der Waals surface area contributed by atoms with Crippen molar-refractivity contribution in [1.82, 2.24) is 14.8 Å². The van der Waals surface area contributed by atoms with Crippen molar-refractivity contribution in [3.05, 3.63) is 66.5 Å². The standard InChI is InChI=1S/C15H10F3N3/c16-15(17,18)14-19-13(11-7-3-1-4-8-11)21(20-14)12-9-5-2-6-10-12/h1-10H. The van der Waals surface area contributed by atoms with Crippen LogP contribution in [0.4, 0.5) is 13.2 Å². The van der Waals surface area contributed by atoms with Crippen LogP contribution in [-0.4, -0.2) is 14.8 Å². The molecule has 0 bridgehead atoms. The van der Waals surface area contributed by atoms with Gasteiger partial charge in [0.15, 0.2) is 5.82 Å². The molecule has 0 spiro atoms. The van der Waals surface area contributed by atoms with Crippen molar-refractivity contribution >= 4 is 0 Å². The van der Waals surface area contributed by atoms with E-state index in [9.17, 15) is 13.2 Å². The number of nitrogens with zero attached hydrogens (tertiary/aromatic N) is 3. The number of benzene rings is 2. The van der Waals surface area contributed by atoms with Crippen molar-refractivity contribution in [2.45, 2.75) is 6.18 Å². The summed E-state index contributed by atoms with van der Waals surface area (Å²) in [5.74, 6) is -0.987. The van der Waals surface area contributed by atoms with Gasteiger partial charge in [-0.25, -0.2) is 9.67 Å². The summed E-state index contributed by atoms with van der Waals surface area (Å²) in [6.45, 7) is 0. The van der Waals surface area contributed by atoms with Crippen LogP contribution in [0.3, 0.4) is 0 Å². The monoisotopic (exact) mass is 289 g/mol. The summed E-state index contributed by atoms with van der Waals surface area (Å²) < 4.78 is 39.8. The predicted molar refractivity (Wildman–Crippen MR) is 71.8 cm³/mol. The molecule has 0 radical (unpaired) electrons. The molecule has 6 heteroatoms. The fraction of sp³-hybridized carbons (Fsp3) is 0.0667. The van der Waals surface area contributed by atoms with Gasteiger partial charge in [0, 0.05) is 5.56 Å². The van der Waals surface area contributed by atoms with Crippen LogP contribution in [0.15, 0.2) is 60.7 Å². The highest BCUT2D eigenvalue weighted by atomic mass is 19.4. The molecule has 0 fully saturated rings. The van der Waals surface area contributed by atoms with E-state index in [-0.39, 0.29) is 5.82 Å². The maximum atomic E-state index is 12.9. The first-order valence-electron chi connectivity index (χ1n) is 6.21. The highest BCUT2D eigenvalue weighted by molar-refractivity contribution is 5.57. The Labute approximate surface area is 118 Å². The van der Waals surface area contributed by atoms with E-state index in [0.717, 1.165) is 0 Å². The molecule has 1 heterocycles. The molecule has 0 aliphatic rings. The smallest absolute Gasteiger partial charge is 0.213 e. The fourth-order valence-electron chi connectivity index (χ4n) is 1.96. The number of para-hydroxylation sites is 1. The van der Waals surface area contributed by atoms with Gasteiger partial charge in [0.05, 0.1) is 5.69 Å². The third-order valence-corrected chi connectivity index (χ3v) is 2.89. The van der Waals surface area contributed by atoms with Crippen LogP contribution in [0.1, 0.15) is 5.82 Å². The molecule has 3 rings (SSSR count). The Kier molecular flexibility index (Phi) is 3.21. The second-order valence-electron chi connectivity index (χ2n) is 4.37. The summed E-state index contributed by atoms with van der Waals surface area (Å²) in [7, 11) is 0. The predicted octanol–water partition coefficient (Wildman–Crippen LogP) is 3.95. The minimum Gasteiger partial charge on any atom is -0.213 e. The third-order valence-electron chi connectivity index (χ3n) is 2.89. The first-order valence-corrected chi connectivity index (χ1v) is 6.21. The van der Waals surface area contributed by atoms with E-state index in [1.807, 2.05) is 0 Å². The molecule has 0 unspecified atom stereocenters. The van der Waals surface area contributed by atoms with Gasteiger partial charge in [-0.2, -0.15) is 13.2 Å². The first-order chi connectivity index (χ1) is 10.1. The van der Waals surface area contributed by atoms with E-state index in [1.54, 1.807) is 60.7 Å². The lowest BCUT2D eigenvalue weighted by atomic mass is 10.2. The van der Waals surface area contributed by atoms with E-state index in [1.165, 1.54) is 4.68 Å². The van der Waals surface area contributed by atoms with Crippen LogP contribution in [0, 0.1) is 0 Å². The van der Waals surface area contributed by atoms with Crippen molar-refractivity contribution in [2.75, 3.05) is 0 Å². The number of hydrogen-bond donors (Lipinski definition) is 0. The van der Waals surface area contributed by atoms with Gasteiger partial charge >= 0.3 is 6.18 Å². The van der Waals surface area contributed by atoms with Gasteiger partial charge in [0.2, 0.25) is 0 Å². The molecule has 0 N–H and O–H groups in total. The lowest BCUT2D eigenvalue weighted by Crippen LogP contribution is -2.08. The number of aromatic nitrogens is 3. The highest BCUT2D eigenvalue weighted by Gasteiger charge is 2.37. The normalized spacial score (nSPS) is 11.6. The molecule has 1 aromatic heterocycles. The van der Waals surface area contributed by atoms with Gasteiger partial charge < -0.3 is 0 Å². The van der Waals surface area contributed by atoms with Crippen LogP contribution < -0.4 is 0 Å². The second-order valence-corrected chi connectivity index (χ2v) is 4.37. The first kappa shape index (κ1) is 13.4. The number of rotatable bonds is 2. The van der Waals surface area contributed by atoms with E-state index >= 15 is 0 Å². The Hall–Kier alpha value is -2.63. The van der Waals surface area contributed by atoms with Crippen LogP contribution in [-0.2, 0) is 6.18 Å². The molecule has 106 valence electrons. The Morgan fingerprint density at radius 2 is 1.38 bits per heavy atom. The maximum Gasteiger partial charge on any atom is 0.453 e. The maximum absolute atomic E-state index is 12.9. The Morgan fingerprint density at radius 3 is 1.95 bits per heavy atom. The van der Waals surface area contributed by atoms with Gasteiger partial charge in [-0.1, -0.05) is 48.5 Å². The molecule has 0 saturated carbocycles. The SMILES string of the molecule is FC(F)(F)c1nc(-c2ccccc2)n(-c2ccccc2)n1. The van der Waals surface area contributed by atoms with Crippen molar-refractivity contribution in [2.24, 2.45) is 0 Å². The van der Waals surface area contributed by atoms with Crippen LogP contribution in [0.2, 0.25) is 0 Å². The van der Waals surface area contributed by atoms with Gasteiger partial charge in [0.25, 0.3) is 5.82 Å². The van der Waals surface area contributed by atoms with Gasteiger partial charge in [-0.05, 0) is 12.1 Å². The molecule has 0 amide bonds. The minimum absolute atomic E-state index is 0.161. The molecular weight excluding hydrogens is 279 g/mol. The van der Waals surface area contributed by atoms with E-state index in [2.05, 4.69) is 10.1 Å². The number of hydrogen-bond acceptors (Lipinski definition) is 2. The molecule has 0 aliphatic heterocycles. The molecule has 3 nitrogen and oxygen atoms in total. The average molecular weight is 289 g/mol. The Bertz CT molecular complexity index is 677. The number of alkyl halides is 3. The van der Waals surface area contributed by atoms with E-state index in [4.69, 9.17) is 0 Å². The zero-order valence-electron chi connectivity index (χ0n) is 10.7. The molecular formula is C15H10F3N3. The second kappa shape index (κ2) is 5.05. The Balaban J connectivity index is 2.20. The molecule has 0 saturated heterocycles. The quantitative estimate of drug-likeness (QED) is 0.715. The lowest BCUT2D eigenvalue weighted by molar-refractivity contribution is -0.144. The van der Waals surface area contributed by atoms with E-state index < -0.39 is 12.0 Å². The number of halogens is 3. The van der Waals surface area contributed by atoms with Crippen molar-refractivity contribution in [3.63, 3.8) is 0 Å². The van der Waals surface area contributed by atoms with E-state index in [0.29, 0.717) is 11.3 Å². The largest absolute Gasteiger partial charge is 0.453 e. The van der Waals surface area contributed by atoms with Crippen LogP contribution in [0.5, 0.6) is 0 Å². The molecule has 0 aliphatic carbocycles. The molecule has 2 aromatic carbocycles. The lowest BCUT2D eigenvalue weighted by Gasteiger charge is -2.05. The zero-order chi connectivity index (χ0) is 14.9. The zero-order valence-corrected chi connectivity index (χ0v) is 10.7. The summed E-state index contributed by atoms with van der Waals surface area (Å²) in [6.07, 6.45) is -4.58. The van der Waals surface area contributed by atoms with Crippen molar-refractivity contribution in [1.29, 1.82) is 0 Å². The van der Waals surface area contributed by atoms with Gasteiger partial charge in [0.1, 0.15) is 0 Å². The summed E-state index contributed by atoms with van der Waals surface area (Å²) in [5, 5.41) is 3.61. The fourth-order valence-corrected chi connectivity index (χ4v) is 1.96. The third kappa shape index (κ3) is 2.65. The topological polar surface area (TPSA) is 30.7 Å². The van der Waals surface area contributed by atoms with Crippen LogP contribution >= 0.6 is 0 Å². The van der Waals surface area contributed by atoms with Crippen molar-refractivity contribution in [3.8, 4) is 17.1 Å². The van der Waals surface area contributed by atoms with Gasteiger partial charge in [-0.15, -0.1) is 5.10 Å². The molecule has 21 heavy (non-hydrogen) atoms. The summed E-state index contributed by atoms with van der Waals surface area (Å²) in [4.78, 5) is 3.65. The van der Waals surface area contributed by atoms with Crippen LogP contribution in [0.25, 0.3) is 17.1 Å². The minimum atomic E-state index is -4.58. The molecule has 3 aromatic rings. The summed E-state index contributed by atoms with van der Waals surface area (Å²) in [5.41, 5.74) is 1.10. The highest BCUT2D eigenvalue weighted by Crippen LogP contribution is 2.30. The average Bonchev–Trinajstić information content (AvgIpc) is 2.94. The van der Waals surface area contributed by atoms with Gasteiger partial charge in [-0.3, -0.25) is 0 Å². The Morgan fingerprint density at radius 1 is 0.810 bits per heavy atom.